The second-order valence-electron chi connectivity index (χ2n) is 9.06. The molecule has 0 aliphatic heterocycles. The Labute approximate surface area is 260 Å². The van der Waals surface area contributed by atoms with E-state index in [-0.39, 0.29) is 82.5 Å². The van der Waals surface area contributed by atoms with Gasteiger partial charge in [0.2, 0.25) is 0 Å². The molecule has 0 nitrogen and oxygen atoms in total. The molecule has 8 rings (SSSR count). The minimum Gasteiger partial charge on any atom is -0.0622 e. The maximum absolute atomic E-state index is 9.39. The van der Waals surface area contributed by atoms with Gasteiger partial charge in [-0.15, -0.1) is 0 Å². The Bertz CT molecular complexity index is 3230. The third-order valence-corrected chi connectivity index (χ3v) is 6.92. The van der Waals surface area contributed by atoms with Gasteiger partial charge >= 0.3 is 0 Å². The first-order chi connectivity index (χ1) is 27.8. The first-order valence-electron chi connectivity index (χ1n) is 21.8. The van der Waals surface area contributed by atoms with Crippen molar-refractivity contribution in [3.63, 3.8) is 0 Å². The maximum Gasteiger partial charge on any atom is 0.0629 e. The Morgan fingerprint density at radius 2 is 0.925 bits per heavy atom. The fourth-order valence-corrected chi connectivity index (χ4v) is 5.22. The van der Waals surface area contributed by atoms with Gasteiger partial charge in [-0.2, -0.15) is 0 Å². The highest BCUT2D eigenvalue weighted by Gasteiger charge is 2.18. The average molecular weight is 526 g/mol. The van der Waals surface area contributed by atoms with E-state index in [1.807, 2.05) is 0 Å². The molecule has 0 aliphatic carbocycles. The number of benzene rings is 8. The molecule has 0 saturated heterocycles. The van der Waals surface area contributed by atoms with Gasteiger partial charge in [0.15, 0.2) is 0 Å². The molecule has 0 heterocycles. The molecule has 0 radical (unpaired) electrons. The normalized spacial score (nSPS) is 18.1. The quantitative estimate of drug-likeness (QED) is 0.201. The first-order valence-corrected chi connectivity index (χ1v) is 12.3. The van der Waals surface area contributed by atoms with E-state index in [9.17, 15) is 6.85 Å². The molecule has 0 bridgehead atoms. The van der Waals surface area contributed by atoms with E-state index in [1.54, 1.807) is 12.1 Å². The Kier molecular flexibility index (Phi) is 2.48. The van der Waals surface area contributed by atoms with Crippen molar-refractivity contribution in [2.75, 3.05) is 0 Å². The zero-order valence-corrected chi connectivity index (χ0v) is 20.5. The van der Waals surface area contributed by atoms with Gasteiger partial charge < -0.3 is 0 Å². The van der Waals surface area contributed by atoms with E-state index < -0.39 is 109 Å². The summed E-state index contributed by atoms with van der Waals surface area (Å²) in [6, 6.07) is -1.44. The Hall–Kier alpha value is -5.20. The first kappa shape index (κ1) is 10.8. The summed E-state index contributed by atoms with van der Waals surface area (Å²) in [5.41, 5.74) is -1.01. The van der Waals surface area contributed by atoms with E-state index >= 15 is 0 Å². The second-order valence-corrected chi connectivity index (χ2v) is 9.06. The summed E-state index contributed by atoms with van der Waals surface area (Å²) < 4.78 is 167. The minimum atomic E-state index is -0.729. The molecule has 0 atom stereocenters. The standard InChI is InChI=1S/C40H26/c1-2-13-28(14-3-1)39-35-16-6-8-18-37(35)40(38-19-9-7-17-36(38)39)34-23-11-21-32-31(20-10-22-33(32)34)30-25-24-27-12-4-5-15-29(27)26-30/h1-26H/i1D,2D,3D,4D,5D,6D,8D,10D,11D,12D,13D,14D,15D,16D,18D,20D,21D,22D,23D. The van der Waals surface area contributed by atoms with Gasteiger partial charge in [-0.25, -0.2) is 0 Å². The fraction of sp³-hybridized carbons (Fsp3) is 0. The van der Waals surface area contributed by atoms with Crippen LogP contribution in [0.25, 0.3) is 76.5 Å². The van der Waals surface area contributed by atoms with Crippen molar-refractivity contribution < 1.29 is 26.0 Å². The van der Waals surface area contributed by atoms with Gasteiger partial charge in [0.05, 0.1) is 26.0 Å². The highest BCUT2D eigenvalue weighted by Crippen LogP contribution is 2.46. The molecule has 8 aromatic rings. The predicted molar refractivity (Wildman–Crippen MR) is 173 cm³/mol. The van der Waals surface area contributed by atoms with Crippen LogP contribution in [0.3, 0.4) is 0 Å². The summed E-state index contributed by atoms with van der Waals surface area (Å²) in [7, 11) is 0. The van der Waals surface area contributed by atoms with Gasteiger partial charge in [0.1, 0.15) is 0 Å². The van der Waals surface area contributed by atoms with Crippen molar-refractivity contribution in [1.29, 1.82) is 0 Å². The van der Waals surface area contributed by atoms with Crippen molar-refractivity contribution in [3.05, 3.63) is 157 Å². The monoisotopic (exact) mass is 525 g/mol. The fourth-order valence-electron chi connectivity index (χ4n) is 5.22. The lowest BCUT2D eigenvalue weighted by Gasteiger charge is -2.19. The SMILES string of the molecule is [2H]c1c([2H])c([2H])c(-c2c3ccccc3c(-c3c([2H])c([2H])c([2H])c4c(-c5ccc6c([2H])c([2H])c([2H])c([2H])c6c5)c([2H])c([2H])c([2H])c34)c3c([2H])c([2H])c([2H])c([2H])c23)c([2H])c1[2H]. The summed E-state index contributed by atoms with van der Waals surface area (Å²) in [5, 5.41) is -0.714. The van der Waals surface area contributed by atoms with Crippen LogP contribution in [0.1, 0.15) is 26.0 Å². The topological polar surface area (TPSA) is 0 Å². The molecule has 40 heavy (non-hydrogen) atoms. The molecule has 0 fully saturated rings. The van der Waals surface area contributed by atoms with Crippen LogP contribution >= 0.6 is 0 Å². The lowest BCUT2D eigenvalue weighted by molar-refractivity contribution is 1.65. The van der Waals surface area contributed by atoms with Crippen LogP contribution in [0.15, 0.2) is 157 Å². The van der Waals surface area contributed by atoms with Crippen molar-refractivity contribution >= 4 is 43.1 Å². The van der Waals surface area contributed by atoms with Crippen LogP contribution in [0.5, 0.6) is 0 Å². The molecule has 0 N–H and O–H groups in total. The van der Waals surface area contributed by atoms with Gasteiger partial charge in [-0.1, -0.05) is 151 Å². The number of hydrogen-bond donors (Lipinski definition) is 0. The van der Waals surface area contributed by atoms with Crippen LogP contribution < -0.4 is 0 Å². The summed E-state index contributed by atoms with van der Waals surface area (Å²) in [6.45, 7) is 0. The van der Waals surface area contributed by atoms with Gasteiger partial charge in [-0.3, -0.25) is 0 Å². The van der Waals surface area contributed by atoms with E-state index in [4.69, 9.17) is 19.2 Å². The molecule has 0 aromatic heterocycles. The van der Waals surface area contributed by atoms with Crippen LogP contribution in [0.4, 0.5) is 0 Å². The van der Waals surface area contributed by atoms with Gasteiger partial charge in [0.25, 0.3) is 0 Å². The molecule has 0 spiro atoms. The summed E-state index contributed by atoms with van der Waals surface area (Å²) in [6.07, 6.45) is 0. The molecular formula is C40H26. The molecule has 0 unspecified atom stereocenters. The lowest BCUT2D eigenvalue weighted by atomic mass is 9.84. The molecule has 186 valence electrons. The number of hydrogen-bond acceptors (Lipinski definition) is 0. The van der Waals surface area contributed by atoms with Crippen molar-refractivity contribution in [2.24, 2.45) is 0 Å². The van der Waals surface area contributed by atoms with Crippen LogP contribution in [-0.4, -0.2) is 0 Å². The summed E-state index contributed by atoms with van der Waals surface area (Å²) in [4.78, 5) is 0. The molecule has 0 saturated carbocycles. The largest absolute Gasteiger partial charge is 0.0629 e. The second kappa shape index (κ2) is 9.22. The van der Waals surface area contributed by atoms with Crippen LogP contribution in [0.2, 0.25) is 0 Å². The highest BCUT2D eigenvalue weighted by atomic mass is 14.2. The van der Waals surface area contributed by atoms with E-state index in [2.05, 4.69) is 0 Å². The third kappa shape index (κ3) is 3.54. The predicted octanol–water partition coefficient (Wildman–Crippen LogP) is 11.3. The minimum absolute atomic E-state index is 0.0497. The molecule has 0 heteroatoms. The van der Waals surface area contributed by atoms with E-state index in [0.717, 1.165) is 0 Å². The number of rotatable bonds is 3. The zero-order valence-electron chi connectivity index (χ0n) is 39.5. The number of fused-ring (bicyclic) bond motifs is 4. The van der Waals surface area contributed by atoms with E-state index in [1.165, 1.54) is 30.3 Å². The lowest BCUT2D eigenvalue weighted by Crippen LogP contribution is -1.92. The third-order valence-electron chi connectivity index (χ3n) is 6.92. The maximum atomic E-state index is 9.39. The van der Waals surface area contributed by atoms with Gasteiger partial charge in [0, 0.05) is 0 Å². The molecule has 8 aromatic carbocycles. The van der Waals surface area contributed by atoms with Crippen LogP contribution in [0, 0.1) is 0 Å². The van der Waals surface area contributed by atoms with Crippen molar-refractivity contribution in [1.82, 2.24) is 0 Å². The zero-order chi connectivity index (χ0) is 43.0. The van der Waals surface area contributed by atoms with Crippen LogP contribution in [-0.2, 0) is 0 Å². The smallest absolute Gasteiger partial charge is 0.0622 e. The Balaban J connectivity index is 1.66. The molecule has 0 amide bonds. The Morgan fingerprint density at radius 1 is 0.350 bits per heavy atom. The molecule has 0 aliphatic rings. The average Bonchev–Trinajstić information content (AvgIpc) is 3.23. The van der Waals surface area contributed by atoms with E-state index in [0.29, 0.717) is 0 Å². The van der Waals surface area contributed by atoms with Crippen molar-refractivity contribution in [2.45, 2.75) is 0 Å². The highest BCUT2D eigenvalue weighted by molar-refractivity contribution is 6.24. The Morgan fingerprint density at radius 3 is 1.70 bits per heavy atom. The summed E-state index contributed by atoms with van der Waals surface area (Å²) >= 11 is 0. The molecular weight excluding hydrogens is 480 g/mol. The summed E-state index contributed by atoms with van der Waals surface area (Å²) in [5.74, 6) is 0. The van der Waals surface area contributed by atoms with Gasteiger partial charge in [-0.05, 0) is 82.5 Å². The van der Waals surface area contributed by atoms with Crippen molar-refractivity contribution in [3.8, 4) is 33.4 Å².